The van der Waals surface area contributed by atoms with Crippen molar-refractivity contribution in [1.82, 2.24) is 24.6 Å². The molecule has 3 aromatic rings. The minimum atomic E-state index is 0.362. The van der Waals surface area contributed by atoms with E-state index in [1.165, 1.54) is 0 Å². The number of likely N-dealkylation sites (N-methyl/N-ethyl adjacent to an activating group) is 1. The number of nitrogens with zero attached hydrogens (tertiary/aromatic N) is 8. The smallest absolute Gasteiger partial charge is 0.227 e. The molecule has 164 valence electrons. The van der Waals surface area contributed by atoms with Crippen LogP contribution in [0, 0.1) is 13.8 Å². The van der Waals surface area contributed by atoms with Crippen LogP contribution in [0.4, 0.5) is 17.6 Å². The largest absolute Gasteiger partial charge is 0.378 e. The highest BCUT2D eigenvalue weighted by molar-refractivity contribution is 5.53. The maximum Gasteiger partial charge on any atom is 0.227 e. The van der Waals surface area contributed by atoms with Crippen molar-refractivity contribution in [3.05, 3.63) is 35.8 Å². The second-order valence-electron chi connectivity index (χ2n) is 8.48. The zero-order valence-electron chi connectivity index (χ0n) is 18.5. The van der Waals surface area contributed by atoms with E-state index in [0.29, 0.717) is 6.04 Å². The van der Waals surface area contributed by atoms with Crippen molar-refractivity contribution in [2.75, 3.05) is 61.1 Å². The van der Waals surface area contributed by atoms with Crippen LogP contribution in [-0.2, 0) is 4.74 Å². The van der Waals surface area contributed by atoms with Gasteiger partial charge in [-0.25, -0.2) is 9.97 Å². The number of morpholine rings is 1. The number of rotatable bonds is 4. The van der Waals surface area contributed by atoms with Crippen LogP contribution < -0.4 is 14.7 Å². The molecule has 0 amide bonds. The summed E-state index contributed by atoms with van der Waals surface area (Å²) in [5.74, 6) is 2.87. The average Bonchev–Trinajstić information content (AvgIpc) is 3.18. The van der Waals surface area contributed by atoms with E-state index < -0.39 is 0 Å². The van der Waals surface area contributed by atoms with Gasteiger partial charge in [0.15, 0.2) is 5.65 Å². The molecule has 0 radical (unpaired) electrons. The number of piperidine rings is 1. The number of ether oxygens (including phenoxy) is 1. The normalized spacial score (nSPS) is 19.8. The Kier molecular flexibility index (Phi) is 5.35. The molecule has 2 fully saturated rings. The van der Waals surface area contributed by atoms with Gasteiger partial charge in [-0.15, -0.1) is 0 Å². The highest BCUT2D eigenvalue weighted by atomic mass is 16.5. The molecular weight excluding hydrogens is 392 g/mol. The minimum Gasteiger partial charge on any atom is -0.378 e. The second-order valence-corrected chi connectivity index (χ2v) is 8.48. The Labute approximate surface area is 182 Å². The number of aryl methyl sites for hydroxylation is 2. The molecule has 0 aliphatic carbocycles. The second kappa shape index (κ2) is 8.30. The van der Waals surface area contributed by atoms with E-state index in [0.717, 1.165) is 86.9 Å². The van der Waals surface area contributed by atoms with E-state index in [-0.39, 0.29) is 0 Å². The summed E-state index contributed by atoms with van der Waals surface area (Å²) in [5.41, 5.74) is 2.92. The van der Waals surface area contributed by atoms with E-state index in [1.54, 1.807) is 0 Å². The highest BCUT2D eigenvalue weighted by Gasteiger charge is 2.27. The Morgan fingerprint density at radius 1 is 1.03 bits per heavy atom. The van der Waals surface area contributed by atoms with Crippen LogP contribution >= 0.6 is 0 Å². The Bertz CT molecular complexity index is 1060. The molecule has 3 aromatic heterocycles. The molecule has 0 aromatic carbocycles. The zero-order chi connectivity index (χ0) is 21.4. The Morgan fingerprint density at radius 2 is 1.87 bits per heavy atom. The first-order chi connectivity index (χ1) is 15.1. The predicted octanol–water partition coefficient (Wildman–Crippen LogP) is 2.08. The monoisotopic (exact) mass is 422 g/mol. The van der Waals surface area contributed by atoms with Crippen molar-refractivity contribution in [2.24, 2.45) is 0 Å². The van der Waals surface area contributed by atoms with Gasteiger partial charge in [0.2, 0.25) is 5.95 Å². The molecule has 1 unspecified atom stereocenters. The van der Waals surface area contributed by atoms with Gasteiger partial charge < -0.3 is 19.4 Å². The molecule has 0 bridgehead atoms. The van der Waals surface area contributed by atoms with E-state index >= 15 is 0 Å². The van der Waals surface area contributed by atoms with Crippen molar-refractivity contribution < 1.29 is 4.74 Å². The van der Waals surface area contributed by atoms with Gasteiger partial charge >= 0.3 is 0 Å². The molecule has 5 rings (SSSR count). The zero-order valence-corrected chi connectivity index (χ0v) is 18.5. The first-order valence-electron chi connectivity index (χ1n) is 11.1. The van der Waals surface area contributed by atoms with Crippen LogP contribution in [0.3, 0.4) is 0 Å². The number of hydrogen-bond acceptors (Lipinski definition) is 8. The molecular formula is C22H30N8O. The van der Waals surface area contributed by atoms with Crippen LogP contribution in [0.15, 0.2) is 24.4 Å². The summed E-state index contributed by atoms with van der Waals surface area (Å²) in [6.45, 7) is 9.14. The lowest BCUT2D eigenvalue weighted by molar-refractivity contribution is 0.122. The molecule has 1 atom stereocenters. The van der Waals surface area contributed by atoms with Gasteiger partial charge in [0.05, 0.1) is 18.9 Å². The molecule has 31 heavy (non-hydrogen) atoms. The van der Waals surface area contributed by atoms with Gasteiger partial charge in [0, 0.05) is 63.3 Å². The third kappa shape index (κ3) is 4.01. The lowest BCUT2D eigenvalue weighted by Gasteiger charge is -2.39. The van der Waals surface area contributed by atoms with Gasteiger partial charge in [0.1, 0.15) is 11.6 Å². The molecule has 9 heteroatoms. The van der Waals surface area contributed by atoms with Crippen molar-refractivity contribution in [3.8, 4) is 0 Å². The maximum atomic E-state index is 5.46. The van der Waals surface area contributed by atoms with E-state index in [9.17, 15) is 0 Å². The summed E-state index contributed by atoms with van der Waals surface area (Å²) < 4.78 is 7.44. The summed E-state index contributed by atoms with van der Waals surface area (Å²) in [7, 11) is 2.14. The van der Waals surface area contributed by atoms with Gasteiger partial charge in [-0.3, -0.25) is 0 Å². The standard InChI is InChI=1S/C22H30N8O/c1-16-14-21(30-20(24-16)13-17(2)26-30)29-8-4-5-18(15-29)27(3)19-6-7-23-22(25-19)28-9-11-31-12-10-28/h6-7,13-14,18H,4-5,8-12,15H2,1-3H3. The molecule has 9 nitrogen and oxygen atoms in total. The minimum absolute atomic E-state index is 0.362. The van der Waals surface area contributed by atoms with Crippen molar-refractivity contribution in [2.45, 2.75) is 32.7 Å². The van der Waals surface area contributed by atoms with Crippen molar-refractivity contribution in [3.63, 3.8) is 0 Å². The van der Waals surface area contributed by atoms with Gasteiger partial charge in [-0.05, 0) is 32.8 Å². The lowest BCUT2D eigenvalue weighted by Crippen LogP contribution is -2.47. The Hall–Kier alpha value is -2.94. The molecule has 0 saturated carbocycles. The fourth-order valence-corrected chi connectivity index (χ4v) is 4.54. The molecule has 0 spiro atoms. The highest BCUT2D eigenvalue weighted by Crippen LogP contribution is 2.26. The summed E-state index contributed by atoms with van der Waals surface area (Å²) in [4.78, 5) is 21.0. The first kappa shape index (κ1) is 20.0. The average molecular weight is 423 g/mol. The fourth-order valence-electron chi connectivity index (χ4n) is 4.54. The van der Waals surface area contributed by atoms with Crippen molar-refractivity contribution >= 4 is 23.2 Å². The fraction of sp³-hybridized carbons (Fsp3) is 0.545. The summed E-state index contributed by atoms with van der Waals surface area (Å²) in [6.07, 6.45) is 4.13. The third-order valence-corrected chi connectivity index (χ3v) is 6.21. The van der Waals surface area contributed by atoms with Gasteiger partial charge in [0.25, 0.3) is 0 Å². The van der Waals surface area contributed by atoms with Gasteiger partial charge in [-0.1, -0.05) is 0 Å². The maximum absolute atomic E-state index is 5.46. The number of anilines is 3. The molecule has 0 N–H and O–H groups in total. The number of fused-ring (bicyclic) bond motifs is 1. The van der Waals surface area contributed by atoms with E-state index in [2.05, 4.69) is 42.9 Å². The predicted molar refractivity (Wildman–Crippen MR) is 121 cm³/mol. The molecule has 2 aliphatic heterocycles. The van der Waals surface area contributed by atoms with Crippen LogP contribution in [0.5, 0.6) is 0 Å². The third-order valence-electron chi connectivity index (χ3n) is 6.21. The van der Waals surface area contributed by atoms with Crippen LogP contribution in [0.25, 0.3) is 5.65 Å². The van der Waals surface area contributed by atoms with Crippen LogP contribution in [-0.4, -0.2) is 77.0 Å². The van der Waals surface area contributed by atoms with Crippen molar-refractivity contribution in [1.29, 1.82) is 0 Å². The Balaban J connectivity index is 1.37. The van der Waals surface area contributed by atoms with E-state index in [1.807, 2.05) is 36.7 Å². The summed E-state index contributed by atoms with van der Waals surface area (Å²) in [6, 6.07) is 6.55. The lowest BCUT2D eigenvalue weighted by atomic mass is 10.0. The van der Waals surface area contributed by atoms with Crippen LogP contribution in [0.2, 0.25) is 0 Å². The van der Waals surface area contributed by atoms with E-state index in [4.69, 9.17) is 9.72 Å². The number of aromatic nitrogens is 5. The SMILES string of the molecule is Cc1cc(N2CCCC(N(C)c3ccnc(N4CCOCC4)n3)C2)n2nc(C)cc2n1. The number of hydrogen-bond donors (Lipinski definition) is 0. The first-order valence-corrected chi connectivity index (χ1v) is 11.1. The topological polar surface area (TPSA) is 74.9 Å². The quantitative estimate of drug-likeness (QED) is 0.633. The Morgan fingerprint density at radius 3 is 2.71 bits per heavy atom. The molecule has 5 heterocycles. The van der Waals surface area contributed by atoms with Crippen LogP contribution in [0.1, 0.15) is 24.2 Å². The summed E-state index contributed by atoms with van der Waals surface area (Å²) in [5, 5.41) is 4.68. The van der Waals surface area contributed by atoms with Gasteiger partial charge in [-0.2, -0.15) is 14.6 Å². The molecule has 2 saturated heterocycles. The molecule has 2 aliphatic rings. The summed E-state index contributed by atoms with van der Waals surface area (Å²) >= 11 is 0.